The lowest BCUT2D eigenvalue weighted by Gasteiger charge is -2.39. The van der Waals surface area contributed by atoms with Gasteiger partial charge < -0.3 is 9.80 Å². The van der Waals surface area contributed by atoms with Gasteiger partial charge in [-0.1, -0.05) is 29.6 Å². The molecule has 1 fully saturated rings. The number of carbonyl (C=O) groups excluding carboxylic acids is 2. The number of benzene rings is 1. The van der Waals surface area contributed by atoms with Crippen molar-refractivity contribution >= 4 is 29.0 Å². The van der Waals surface area contributed by atoms with Crippen molar-refractivity contribution in [3.63, 3.8) is 0 Å². The third-order valence-corrected chi connectivity index (χ3v) is 6.12. The zero-order chi connectivity index (χ0) is 17.6. The first kappa shape index (κ1) is 16.2. The summed E-state index contributed by atoms with van der Waals surface area (Å²) in [6, 6.07) is 7.92. The van der Waals surface area contributed by atoms with Gasteiger partial charge in [0.05, 0.1) is 11.1 Å². The number of aromatic nitrogens is 2. The summed E-state index contributed by atoms with van der Waals surface area (Å²) < 4.78 is 3.93. The van der Waals surface area contributed by atoms with E-state index in [-0.39, 0.29) is 11.8 Å². The fourth-order valence-electron chi connectivity index (χ4n) is 4.09. The van der Waals surface area contributed by atoms with Gasteiger partial charge >= 0.3 is 0 Å². The van der Waals surface area contributed by atoms with Crippen molar-refractivity contribution in [3.8, 4) is 0 Å². The van der Waals surface area contributed by atoms with E-state index in [0.717, 1.165) is 41.3 Å². The Hall–Kier alpha value is -2.28. The normalized spacial score (nSPS) is 22.6. The van der Waals surface area contributed by atoms with Crippen molar-refractivity contribution in [2.24, 2.45) is 0 Å². The highest BCUT2D eigenvalue weighted by Gasteiger charge is 2.52. The highest BCUT2D eigenvalue weighted by molar-refractivity contribution is 7.08. The molecule has 4 rings (SSSR count). The molecule has 3 heterocycles. The number of rotatable bonds is 2. The van der Waals surface area contributed by atoms with Gasteiger partial charge in [0.15, 0.2) is 0 Å². The van der Waals surface area contributed by atoms with Crippen LogP contribution in [0.15, 0.2) is 24.3 Å². The van der Waals surface area contributed by atoms with Crippen molar-refractivity contribution in [2.75, 3.05) is 25.0 Å². The maximum Gasteiger partial charge on any atom is 0.267 e. The molecule has 6 nitrogen and oxygen atoms in total. The Morgan fingerprint density at radius 3 is 2.96 bits per heavy atom. The molecule has 1 aromatic heterocycles. The lowest BCUT2D eigenvalue weighted by atomic mass is 9.75. The number of fused-ring (bicyclic) bond motifs is 2. The van der Waals surface area contributed by atoms with Crippen LogP contribution in [0.5, 0.6) is 0 Å². The highest BCUT2D eigenvalue weighted by Crippen LogP contribution is 2.46. The second-order valence-electron chi connectivity index (χ2n) is 6.70. The second kappa shape index (κ2) is 5.91. The molecule has 2 aliphatic rings. The molecule has 2 aliphatic heterocycles. The third-order valence-electron chi connectivity index (χ3n) is 5.36. The SMILES string of the molecule is CCc1nnsc1C(=O)N1CCCC2(C1)C(=O)N(C)c1ccccc12. The largest absolute Gasteiger partial charge is 0.336 e. The quantitative estimate of drug-likeness (QED) is 0.828. The van der Waals surface area contributed by atoms with E-state index in [1.54, 1.807) is 4.90 Å². The predicted molar refractivity (Wildman–Crippen MR) is 96.0 cm³/mol. The van der Waals surface area contributed by atoms with Crippen LogP contribution in [0.25, 0.3) is 0 Å². The molecule has 1 unspecified atom stereocenters. The fraction of sp³-hybridized carbons (Fsp3) is 0.444. The van der Waals surface area contributed by atoms with Gasteiger partial charge in [0.25, 0.3) is 5.91 Å². The smallest absolute Gasteiger partial charge is 0.267 e. The van der Waals surface area contributed by atoms with E-state index in [0.29, 0.717) is 24.4 Å². The number of carbonyl (C=O) groups is 2. The number of aryl methyl sites for hydroxylation is 1. The Balaban J connectivity index is 1.70. The number of hydrogen-bond acceptors (Lipinski definition) is 5. The molecule has 1 atom stereocenters. The summed E-state index contributed by atoms with van der Waals surface area (Å²) in [4.78, 5) is 30.2. The molecule has 2 aromatic rings. The molecule has 0 N–H and O–H groups in total. The lowest BCUT2D eigenvalue weighted by Crippen LogP contribution is -2.53. The molecule has 0 aliphatic carbocycles. The minimum absolute atomic E-state index is 0.0502. The van der Waals surface area contributed by atoms with Crippen LogP contribution < -0.4 is 4.90 Å². The number of anilines is 1. The summed E-state index contributed by atoms with van der Waals surface area (Å²) >= 11 is 1.15. The van der Waals surface area contributed by atoms with E-state index in [9.17, 15) is 9.59 Å². The number of piperidine rings is 1. The minimum atomic E-state index is -0.621. The molecule has 7 heteroatoms. The van der Waals surface area contributed by atoms with Crippen molar-refractivity contribution in [1.82, 2.24) is 14.5 Å². The Kier molecular flexibility index (Phi) is 3.83. The van der Waals surface area contributed by atoms with Crippen LogP contribution in [-0.2, 0) is 16.6 Å². The average Bonchev–Trinajstić information content (AvgIpc) is 3.21. The van der Waals surface area contributed by atoms with E-state index < -0.39 is 5.41 Å². The van der Waals surface area contributed by atoms with E-state index in [1.165, 1.54) is 0 Å². The standard InChI is InChI=1S/C18H20N4O2S/c1-3-13-15(25-20-19-13)16(23)22-10-6-9-18(11-22)12-7-4-5-8-14(12)21(2)17(18)24/h4-5,7-8H,3,6,9-11H2,1-2H3. The van der Waals surface area contributed by atoms with Crippen LogP contribution in [0, 0.1) is 0 Å². The first-order valence-electron chi connectivity index (χ1n) is 8.56. The maximum absolute atomic E-state index is 13.1. The molecule has 130 valence electrons. The second-order valence-corrected chi connectivity index (χ2v) is 7.45. The van der Waals surface area contributed by atoms with Gasteiger partial charge in [-0.2, -0.15) is 0 Å². The summed E-state index contributed by atoms with van der Waals surface area (Å²) in [5.74, 6) is 0.0371. The molecule has 1 spiro atoms. The third kappa shape index (κ3) is 2.29. The monoisotopic (exact) mass is 356 g/mol. The van der Waals surface area contributed by atoms with Crippen LogP contribution in [0.4, 0.5) is 5.69 Å². The van der Waals surface area contributed by atoms with E-state index in [4.69, 9.17) is 0 Å². The Morgan fingerprint density at radius 1 is 1.36 bits per heavy atom. The maximum atomic E-state index is 13.1. The van der Waals surface area contributed by atoms with Gasteiger partial charge in [-0.3, -0.25) is 9.59 Å². The first-order chi connectivity index (χ1) is 12.1. The van der Waals surface area contributed by atoms with Crippen LogP contribution >= 0.6 is 11.5 Å². The number of likely N-dealkylation sites (N-methyl/N-ethyl adjacent to an activating group) is 1. The zero-order valence-electron chi connectivity index (χ0n) is 14.4. The molecular formula is C18H20N4O2S. The topological polar surface area (TPSA) is 66.4 Å². The Morgan fingerprint density at radius 2 is 2.16 bits per heavy atom. The van der Waals surface area contributed by atoms with Gasteiger partial charge in [-0.25, -0.2) is 0 Å². The van der Waals surface area contributed by atoms with Gasteiger partial charge in [0.2, 0.25) is 5.91 Å². The van der Waals surface area contributed by atoms with Gasteiger partial charge in [0, 0.05) is 25.8 Å². The number of likely N-dealkylation sites (tertiary alicyclic amines) is 1. The summed E-state index contributed by atoms with van der Waals surface area (Å²) in [5, 5.41) is 4.05. The van der Waals surface area contributed by atoms with Crippen molar-refractivity contribution in [2.45, 2.75) is 31.6 Å². The van der Waals surface area contributed by atoms with Crippen LogP contribution in [-0.4, -0.2) is 46.4 Å². The van der Waals surface area contributed by atoms with E-state index in [1.807, 2.05) is 43.1 Å². The molecule has 0 radical (unpaired) electrons. The van der Waals surface area contributed by atoms with Crippen LogP contribution in [0.3, 0.4) is 0 Å². The molecule has 0 bridgehead atoms. The lowest BCUT2D eigenvalue weighted by molar-refractivity contribution is -0.124. The molecule has 25 heavy (non-hydrogen) atoms. The fourth-order valence-corrected chi connectivity index (χ4v) is 4.80. The van der Waals surface area contributed by atoms with Crippen LogP contribution in [0.1, 0.15) is 40.7 Å². The van der Waals surface area contributed by atoms with Crippen LogP contribution in [0.2, 0.25) is 0 Å². The number of amides is 2. The zero-order valence-corrected chi connectivity index (χ0v) is 15.2. The molecule has 0 saturated carbocycles. The Labute approximate surface area is 150 Å². The number of nitrogens with zero attached hydrogens (tertiary/aromatic N) is 4. The van der Waals surface area contributed by atoms with Crippen molar-refractivity contribution in [3.05, 3.63) is 40.4 Å². The van der Waals surface area contributed by atoms with E-state index >= 15 is 0 Å². The molecule has 1 aromatic carbocycles. The number of para-hydroxylation sites is 1. The predicted octanol–water partition coefficient (Wildman–Crippen LogP) is 2.25. The summed E-state index contributed by atoms with van der Waals surface area (Å²) in [6.45, 7) is 3.06. The number of hydrogen-bond donors (Lipinski definition) is 0. The van der Waals surface area contributed by atoms with E-state index in [2.05, 4.69) is 9.59 Å². The first-order valence-corrected chi connectivity index (χ1v) is 9.34. The van der Waals surface area contributed by atoms with Gasteiger partial charge in [-0.05, 0) is 42.4 Å². The summed E-state index contributed by atoms with van der Waals surface area (Å²) in [6.07, 6.45) is 2.27. The minimum Gasteiger partial charge on any atom is -0.336 e. The van der Waals surface area contributed by atoms with Crippen molar-refractivity contribution < 1.29 is 9.59 Å². The summed E-state index contributed by atoms with van der Waals surface area (Å²) in [7, 11) is 1.82. The van der Waals surface area contributed by atoms with Crippen molar-refractivity contribution in [1.29, 1.82) is 0 Å². The molecule has 2 amide bonds. The molecular weight excluding hydrogens is 336 g/mol. The van der Waals surface area contributed by atoms with Gasteiger partial charge in [-0.15, -0.1) is 5.10 Å². The summed E-state index contributed by atoms with van der Waals surface area (Å²) in [5.41, 5.74) is 2.11. The average molecular weight is 356 g/mol. The highest BCUT2D eigenvalue weighted by atomic mass is 32.1. The molecule has 1 saturated heterocycles. The van der Waals surface area contributed by atoms with Gasteiger partial charge in [0.1, 0.15) is 4.88 Å². The Bertz CT molecular complexity index is 849.